The lowest BCUT2D eigenvalue weighted by Gasteiger charge is -2.22. The SMILES string of the molecule is CCC(NCC(C)c1ncc(C)s1)C(C)C. The first-order valence-electron chi connectivity index (χ1n) is 6.20. The zero-order valence-corrected chi connectivity index (χ0v) is 11.9. The highest BCUT2D eigenvalue weighted by molar-refractivity contribution is 7.11. The molecule has 2 atom stereocenters. The maximum atomic E-state index is 4.44. The van der Waals surface area contributed by atoms with Crippen molar-refractivity contribution < 1.29 is 0 Å². The second-order valence-corrected chi connectivity index (χ2v) is 6.14. The number of nitrogens with zero attached hydrogens (tertiary/aromatic N) is 1. The fourth-order valence-electron chi connectivity index (χ4n) is 1.87. The molecule has 0 amide bonds. The molecule has 0 bridgehead atoms. The van der Waals surface area contributed by atoms with Gasteiger partial charge >= 0.3 is 0 Å². The predicted molar refractivity (Wildman–Crippen MR) is 72.2 cm³/mol. The van der Waals surface area contributed by atoms with Crippen molar-refractivity contribution in [2.45, 2.75) is 53.0 Å². The second kappa shape index (κ2) is 6.36. The molecule has 1 rings (SSSR count). The van der Waals surface area contributed by atoms with E-state index in [0.29, 0.717) is 17.9 Å². The molecule has 0 saturated heterocycles. The standard InChI is InChI=1S/C13H24N2S/c1-6-12(9(2)3)14-7-10(4)13-15-8-11(5)16-13/h8-10,12,14H,6-7H2,1-5H3. The molecule has 16 heavy (non-hydrogen) atoms. The number of hydrogen-bond donors (Lipinski definition) is 1. The van der Waals surface area contributed by atoms with Gasteiger partial charge in [-0.05, 0) is 19.3 Å². The van der Waals surface area contributed by atoms with Crippen LogP contribution in [0.1, 0.15) is 49.9 Å². The van der Waals surface area contributed by atoms with Crippen molar-refractivity contribution in [3.05, 3.63) is 16.1 Å². The van der Waals surface area contributed by atoms with Gasteiger partial charge in [-0.1, -0.05) is 27.7 Å². The Balaban J connectivity index is 2.43. The topological polar surface area (TPSA) is 24.9 Å². The van der Waals surface area contributed by atoms with Gasteiger partial charge < -0.3 is 5.32 Å². The summed E-state index contributed by atoms with van der Waals surface area (Å²) in [5, 5.41) is 4.90. The summed E-state index contributed by atoms with van der Waals surface area (Å²) < 4.78 is 0. The van der Waals surface area contributed by atoms with Gasteiger partial charge in [0.2, 0.25) is 0 Å². The van der Waals surface area contributed by atoms with Gasteiger partial charge in [-0.2, -0.15) is 0 Å². The fourth-order valence-corrected chi connectivity index (χ4v) is 2.69. The first-order valence-corrected chi connectivity index (χ1v) is 7.02. The monoisotopic (exact) mass is 240 g/mol. The van der Waals surface area contributed by atoms with Gasteiger partial charge in [-0.3, -0.25) is 0 Å². The lowest BCUT2D eigenvalue weighted by molar-refractivity contribution is 0.381. The van der Waals surface area contributed by atoms with Gasteiger partial charge in [-0.15, -0.1) is 11.3 Å². The summed E-state index contributed by atoms with van der Waals surface area (Å²) in [7, 11) is 0. The van der Waals surface area contributed by atoms with Gasteiger partial charge in [-0.25, -0.2) is 4.98 Å². The molecule has 0 fully saturated rings. The molecule has 0 aliphatic rings. The fraction of sp³-hybridized carbons (Fsp3) is 0.769. The van der Waals surface area contributed by atoms with Crippen LogP contribution in [0.5, 0.6) is 0 Å². The lowest BCUT2D eigenvalue weighted by Crippen LogP contribution is -2.35. The molecule has 1 heterocycles. The van der Waals surface area contributed by atoms with Gasteiger partial charge in [0, 0.05) is 29.6 Å². The molecule has 0 aromatic carbocycles. The third-order valence-corrected chi connectivity index (χ3v) is 4.14. The Hall–Kier alpha value is -0.410. The lowest BCUT2D eigenvalue weighted by atomic mass is 10.0. The molecular formula is C13H24N2S. The molecule has 0 aliphatic heterocycles. The maximum absolute atomic E-state index is 4.44. The number of aromatic nitrogens is 1. The van der Waals surface area contributed by atoms with Crippen LogP contribution in [-0.4, -0.2) is 17.6 Å². The summed E-state index contributed by atoms with van der Waals surface area (Å²) in [6.45, 7) is 12.2. The highest BCUT2D eigenvalue weighted by Crippen LogP contribution is 2.20. The van der Waals surface area contributed by atoms with Crippen molar-refractivity contribution >= 4 is 11.3 Å². The molecule has 1 aromatic rings. The predicted octanol–water partition coefficient (Wildman–Crippen LogP) is 3.58. The van der Waals surface area contributed by atoms with Gasteiger partial charge in [0.05, 0.1) is 5.01 Å². The van der Waals surface area contributed by atoms with Crippen molar-refractivity contribution in [2.24, 2.45) is 5.92 Å². The minimum atomic E-state index is 0.520. The Kier molecular flexibility index (Phi) is 5.42. The minimum absolute atomic E-state index is 0.520. The van der Waals surface area contributed by atoms with E-state index in [1.807, 2.05) is 17.5 Å². The van der Waals surface area contributed by atoms with Crippen LogP contribution in [0, 0.1) is 12.8 Å². The van der Waals surface area contributed by atoms with E-state index in [0.717, 1.165) is 6.54 Å². The largest absolute Gasteiger partial charge is 0.313 e. The summed E-state index contributed by atoms with van der Waals surface area (Å²) >= 11 is 1.81. The first-order chi connectivity index (χ1) is 7.54. The van der Waals surface area contributed by atoms with E-state index in [1.165, 1.54) is 16.3 Å². The molecule has 1 N–H and O–H groups in total. The zero-order valence-electron chi connectivity index (χ0n) is 11.1. The van der Waals surface area contributed by atoms with Crippen molar-refractivity contribution in [1.82, 2.24) is 10.3 Å². The van der Waals surface area contributed by atoms with E-state index in [9.17, 15) is 0 Å². The van der Waals surface area contributed by atoms with Gasteiger partial charge in [0.15, 0.2) is 0 Å². The van der Waals surface area contributed by atoms with Gasteiger partial charge in [0.1, 0.15) is 0 Å². The van der Waals surface area contributed by atoms with Crippen LogP contribution in [0.3, 0.4) is 0 Å². The highest BCUT2D eigenvalue weighted by Gasteiger charge is 2.14. The first kappa shape index (κ1) is 13.7. The summed E-state index contributed by atoms with van der Waals surface area (Å²) in [4.78, 5) is 5.75. The van der Waals surface area contributed by atoms with Crippen molar-refractivity contribution in [2.75, 3.05) is 6.54 Å². The number of nitrogens with one attached hydrogen (secondary N) is 1. The second-order valence-electron chi connectivity index (χ2n) is 4.88. The molecule has 1 aromatic heterocycles. The molecule has 0 aliphatic carbocycles. The smallest absolute Gasteiger partial charge is 0.0968 e. The van der Waals surface area contributed by atoms with Crippen molar-refractivity contribution in [3.8, 4) is 0 Å². The Morgan fingerprint density at radius 2 is 2.06 bits per heavy atom. The molecule has 0 radical (unpaired) electrons. The summed E-state index contributed by atoms with van der Waals surface area (Å²) in [5.41, 5.74) is 0. The van der Waals surface area contributed by atoms with Crippen LogP contribution in [0.15, 0.2) is 6.20 Å². The van der Waals surface area contributed by atoms with Crippen molar-refractivity contribution in [1.29, 1.82) is 0 Å². The summed E-state index contributed by atoms with van der Waals surface area (Å²) in [5.74, 6) is 1.22. The molecular weight excluding hydrogens is 216 g/mol. The van der Waals surface area contributed by atoms with E-state index >= 15 is 0 Å². The zero-order chi connectivity index (χ0) is 12.1. The summed E-state index contributed by atoms with van der Waals surface area (Å²) in [6, 6.07) is 0.628. The Bertz CT molecular complexity index is 307. The van der Waals surface area contributed by atoms with Crippen LogP contribution in [-0.2, 0) is 0 Å². The number of aryl methyl sites for hydroxylation is 1. The Labute approximate surface area is 103 Å². The minimum Gasteiger partial charge on any atom is -0.313 e. The number of rotatable bonds is 6. The Morgan fingerprint density at radius 1 is 1.38 bits per heavy atom. The molecule has 2 unspecified atom stereocenters. The number of hydrogen-bond acceptors (Lipinski definition) is 3. The molecule has 3 heteroatoms. The number of thiazole rings is 1. The van der Waals surface area contributed by atoms with Gasteiger partial charge in [0.25, 0.3) is 0 Å². The average molecular weight is 240 g/mol. The van der Waals surface area contributed by atoms with E-state index in [4.69, 9.17) is 0 Å². The van der Waals surface area contributed by atoms with E-state index in [2.05, 4.69) is 44.9 Å². The molecule has 92 valence electrons. The van der Waals surface area contributed by atoms with Crippen molar-refractivity contribution in [3.63, 3.8) is 0 Å². The molecule has 0 spiro atoms. The molecule has 0 saturated carbocycles. The van der Waals surface area contributed by atoms with E-state index in [1.54, 1.807) is 0 Å². The van der Waals surface area contributed by atoms with Crippen LogP contribution < -0.4 is 5.32 Å². The van der Waals surface area contributed by atoms with Crippen LogP contribution >= 0.6 is 11.3 Å². The van der Waals surface area contributed by atoms with Crippen LogP contribution in [0.4, 0.5) is 0 Å². The third kappa shape index (κ3) is 3.87. The van der Waals surface area contributed by atoms with Crippen LogP contribution in [0.25, 0.3) is 0 Å². The Morgan fingerprint density at radius 3 is 2.50 bits per heavy atom. The summed E-state index contributed by atoms with van der Waals surface area (Å²) in [6.07, 6.45) is 3.16. The average Bonchev–Trinajstić information content (AvgIpc) is 2.65. The van der Waals surface area contributed by atoms with Crippen LogP contribution in [0.2, 0.25) is 0 Å². The third-order valence-electron chi connectivity index (χ3n) is 2.99. The highest BCUT2D eigenvalue weighted by atomic mass is 32.1. The maximum Gasteiger partial charge on any atom is 0.0968 e. The van der Waals surface area contributed by atoms with E-state index < -0.39 is 0 Å². The van der Waals surface area contributed by atoms with E-state index in [-0.39, 0.29) is 0 Å². The quantitative estimate of drug-likeness (QED) is 0.822. The molecule has 2 nitrogen and oxygen atoms in total. The normalized spacial score (nSPS) is 15.4.